The van der Waals surface area contributed by atoms with Crippen LogP contribution in [0, 0.1) is 0 Å². The molecule has 2 fully saturated rings. The number of ether oxygens (including phenoxy) is 3. The maximum absolute atomic E-state index is 13.0. The van der Waals surface area contributed by atoms with Crippen molar-refractivity contribution in [3.8, 4) is 0 Å². The lowest BCUT2D eigenvalue weighted by Gasteiger charge is -2.38. The maximum Gasteiger partial charge on any atom is 0.243 e. The second-order valence-corrected chi connectivity index (χ2v) is 7.62. The molecule has 0 bridgehead atoms. The lowest BCUT2D eigenvalue weighted by Crippen LogP contribution is -2.54. The zero-order valence-electron chi connectivity index (χ0n) is 12.7. The first-order valence-corrected chi connectivity index (χ1v) is 8.80. The number of methoxy groups -OCH3 is 1. The Kier molecular flexibility index (Phi) is 4.52. The van der Waals surface area contributed by atoms with Crippen molar-refractivity contribution >= 4 is 10.0 Å². The van der Waals surface area contributed by atoms with E-state index in [1.54, 1.807) is 25.3 Å². The molecular formula is C15H21NO5S. The van der Waals surface area contributed by atoms with Crippen LogP contribution in [0.5, 0.6) is 0 Å². The third-order valence-electron chi connectivity index (χ3n) is 4.17. The molecule has 1 aromatic carbocycles. The molecule has 0 radical (unpaired) electrons. The quantitative estimate of drug-likeness (QED) is 0.826. The van der Waals surface area contributed by atoms with E-state index in [4.69, 9.17) is 14.2 Å². The summed E-state index contributed by atoms with van der Waals surface area (Å²) in [5.74, 6) is 0. The van der Waals surface area contributed by atoms with Crippen LogP contribution in [0.3, 0.4) is 0 Å². The minimum absolute atomic E-state index is 0.272. The van der Waals surface area contributed by atoms with E-state index in [-0.39, 0.29) is 6.61 Å². The summed E-state index contributed by atoms with van der Waals surface area (Å²) in [6, 6.07) is 6.97. The summed E-state index contributed by atoms with van der Waals surface area (Å²) in [6.07, 6.45) is 0.735. The van der Waals surface area contributed by atoms with Crippen LogP contribution in [-0.4, -0.2) is 58.3 Å². The smallest absolute Gasteiger partial charge is 0.243 e. The molecule has 6 nitrogen and oxygen atoms in total. The number of morpholine rings is 1. The van der Waals surface area contributed by atoms with Gasteiger partial charge in [0.25, 0.3) is 0 Å². The molecule has 2 aliphatic heterocycles. The summed E-state index contributed by atoms with van der Waals surface area (Å²) in [7, 11) is -2.00. The van der Waals surface area contributed by atoms with Gasteiger partial charge in [-0.1, -0.05) is 18.2 Å². The third-order valence-corrected chi connectivity index (χ3v) is 6.12. The van der Waals surface area contributed by atoms with Gasteiger partial charge in [-0.05, 0) is 11.6 Å². The molecular weight excluding hydrogens is 306 g/mol. The molecule has 2 heterocycles. The van der Waals surface area contributed by atoms with Crippen molar-refractivity contribution in [3.63, 3.8) is 0 Å². The zero-order valence-corrected chi connectivity index (χ0v) is 13.5. The molecule has 0 saturated carbocycles. The number of nitrogens with zero attached hydrogens (tertiary/aromatic N) is 1. The van der Waals surface area contributed by atoms with Gasteiger partial charge in [-0.3, -0.25) is 0 Å². The average molecular weight is 327 g/mol. The predicted molar refractivity (Wildman–Crippen MR) is 80.0 cm³/mol. The Morgan fingerprint density at radius 3 is 2.86 bits per heavy atom. The van der Waals surface area contributed by atoms with Gasteiger partial charge < -0.3 is 14.2 Å². The monoisotopic (exact) mass is 327 g/mol. The molecule has 122 valence electrons. The molecule has 2 aliphatic rings. The summed E-state index contributed by atoms with van der Waals surface area (Å²) in [6.45, 7) is 2.46. The first-order valence-electron chi connectivity index (χ1n) is 7.36. The highest BCUT2D eigenvalue weighted by atomic mass is 32.2. The van der Waals surface area contributed by atoms with E-state index >= 15 is 0 Å². The van der Waals surface area contributed by atoms with Crippen molar-refractivity contribution in [3.05, 3.63) is 29.8 Å². The minimum Gasteiger partial charge on any atom is -0.380 e. The van der Waals surface area contributed by atoms with Crippen molar-refractivity contribution in [1.29, 1.82) is 0 Å². The number of rotatable bonds is 4. The van der Waals surface area contributed by atoms with Gasteiger partial charge in [0.05, 0.1) is 24.7 Å². The Morgan fingerprint density at radius 1 is 1.32 bits per heavy atom. The standard InChI is InChI=1S/C15H21NO5S/c1-19-10-13-4-2-3-5-14(13)22(17,18)16-7-9-21-15(11-16)6-8-20-12-15/h2-5H,6-12H2,1H3. The minimum atomic E-state index is -3.56. The van der Waals surface area contributed by atoms with E-state index in [0.29, 0.717) is 43.4 Å². The SMILES string of the molecule is COCc1ccccc1S(=O)(=O)N1CCOC2(CCOC2)C1. The van der Waals surface area contributed by atoms with Gasteiger partial charge in [-0.2, -0.15) is 4.31 Å². The first-order chi connectivity index (χ1) is 10.6. The van der Waals surface area contributed by atoms with Crippen LogP contribution in [0.1, 0.15) is 12.0 Å². The molecule has 1 aromatic rings. The molecule has 0 amide bonds. The van der Waals surface area contributed by atoms with Gasteiger partial charge in [-0.15, -0.1) is 0 Å². The van der Waals surface area contributed by atoms with Gasteiger partial charge in [-0.25, -0.2) is 8.42 Å². The molecule has 0 aromatic heterocycles. The summed E-state index contributed by atoms with van der Waals surface area (Å²) in [5, 5.41) is 0. The van der Waals surface area contributed by atoms with Crippen LogP contribution < -0.4 is 0 Å². The van der Waals surface area contributed by atoms with Gasteiger partial charge in [0.15, 0.2) is 0 Å². The van der Waals surface area contributed by atoms with Gasteiger partial charge >= 0.3 is 0 Å². The van der Waals surface area contributed by atoms with Crippen LogP contribution in [0.25, 0.3) is 0 Å². The predicted octanol–water partition coefficient (Wildman–Crippen LogP) is 1.01. The second kappa shape index (κ2) is 6.25. The molecule has 3 rings (SSSR count). The number of hydrogen-bond acceptors (Lipinski definition) is 5. The fourth-order valence-electron chi connectivity index (χ4n) is 3.01. The zero-order chi connectivity index (χ0) is 15.6. The Balaban J connectivity index is 1.89. The lowest BCUT2D eigenvalue weighted by molar-refractivity contribution is -0.0897. The molecule has 22 heavy (non-hydrogen) atoms. The van der Waals surface area contributed by atoms with Gasteiger partial charge in [0, 0.05) is 33.2 Å². The van der Waals surface area contributed by atoms with Crippen molar-refractivity contribution in [2.75, 3.05) is 40.0 Å². The number of sulfonamides is 1. The van der Waals surface area contributed by atoms with E-state index in [9.17, 15) is 8.42 Å². The number of benzene rings is 1. The summed E-state index contributed by atoms with van der Waals surface area (Å²) in [4.78, 5) is 0.313. The third kappa shape index (κ3) is 2.91. The Bertz CT molecular complexity index is 625. The molecule has 0 aliphatic carbocycles. The van der Waals surface area contributed by atoms with Crippen LogP contribution in [0.4, 0.5) is 0 Å². The fourth-order valence-corrected chi connectivity index (χ4v) is 4.72. The van der Waals surface area contributed by atoms with E-state index in [2.05, 4.69) is 0 Å². The molecule has 1 spiro atoms. The van der Waals surface area contributed by atoms with Crippen LogP contribution >= 0.6 is 0 Å². The van der Waals surface area contributed by atoms with Crippen molar-refractivity contribution in [1.82, 2.24) is 4.31 Å². The van der Waals surface area contributed by atoms with Crippen molar-refractivity contribution in [2.45, 2.75) is 23.5 Å². The van der Waals surface area contributed by atoms with E-state index < -0.39 is 15.6 Å². The normalized spacial score (nSPS) is 26.6. The Morgan fingerprint density at radius 2 is 2.14 bits per heavy atom. The van der Waals surface area contributed by atoms with Crippen molar-refractivity contribution in [2.24, 2.45) is 0 Å². The highest BCUT2D eigenvalue weighted by Crippen LogP contribution is 2.31. The summed E-state index contributed by atoms with van der Waals surface area (Å²) >= 11 is 0. The van der Waals surface area contributed by atoms with Gasteiger partial charge in [0.2, 0.25) is 10.0 Å². The molecule has 1 unspecified atom stereocenters. The largest absolute Gasteiger partial charge is 0.380 e. The molecule has 1 atom stereocenters. The number of hydrogen-bond donors (Lipinski definition) is 0. The van der Waals surface area contributed by atoms with Crippen LogP contribution in [0.2, 0.25) is 0 Å². The molecule has 7 heteroatoms. The fraction of sp³-hybridized carbons (Fsp3) is 0.600. The van der Waals surface area contributed by atoms with E-state index in [1.807, 2.05) is 6.07 Å². The highest BCUT2D eigenvalue weighted by Gasteiger charge is 2.44. The average Bonchev–Trinajstić information content (AvgIpc) is 2.96. The Hall–Kier alpha value is -0.990. The summed E-state index contributed by atoms with van der Waals surface area (Å²) in [5.41, 5.74) is 0.190. The van der Waals surface area contributed by atoms with Crippen molar-refractivity contribution < 1.29 is 22.6 Å². The molecule has 0 N–H and O–H groups in total. The van der Waals surface area contributed by atoms with Gasteiger partial charge in [0.1, 0.15) is 5.60 Å². The van der Waals surface area contributed by atoms with E-state index in [1.165, 1.54) is 4.31 Å². The maximum atomic E-state index is 13.0. The van der Waals surface area contributed by atoms with Crippen LogP contribution in [-0.2, 0) is 30.8 Å². The first kappa shape index (κ1) is 15.9. The highest BCUT2D eigenvalue weighted by molar-refractivity contribution is 7.89. The lowest BCUT2D eigenvalue weighted by atomic mass is 10.0. The second-order valence-electron chi connectivity index (χ2n) is 5.71. The van der Waals surface area contributed by atoms with Crippen LogP contribution in [0.15, 0.2) is 29.2 Å². The molecule has 2 saturated heterocycles. The topological polar surface area (TPSA) is 65.1 Å². The Labute approximate surface area is 131 Å². The summed E-state index contributed by atoms with van der Waals surface area (Å²) < 4.78 is 43.8. The van der Waals surface area contributed by atoms with E-state index in [0.717, 1.165) is 6.42 Å².